The number of ether oxygens (including phenoxy) is 1. The van der Waals surface area contributed by atoms with Crippen molar-refractivity contribution < 1.29 is 14.3 Å². The highest BCUT2D eigenvalue weighted by Gasteiger charge is 2.32. The topological polar surface area (TPSA) is 72.6 Å². The van der Waals surface area contributed by atoms with E-state index in [0.29, 0.717) is 19.7 Å². The highest BCUT2D eigenvalue weighted by molar-refractivity contribution is 5.88. The third-order valence-electron chi connectivity index (χ3n) is 2.39. The first-order chi connectivity index (χ1) is 6.65. The molecule has 0 aromatic heterocycles. The Labute approximate surface area is 83.2 Å². The van der Waals surface area contributed by atoms with Crippen LogP contribution in [0.1, 0.15) is 12.8 Å². The largest absolute Gasteiger partial charge is 0.385 e. The zero-order valence-electron chi connectivity index (χ0n) is 8.36. The van der Waals surface area contributed by atoms with E-state index in [4.69, 9.17) is 10.5 Å². The molecule has 0 aliphatic carbocycles. The molecule has 0 aromatic carbocycles. The summed E-state index contributed by atoms with van der Waals surface area (Å²) in [5.74, 6) is -0.664. The summed E-state index contributed by atoms with van der Waals surface area (Å²) < 4.78 is 4.88. The summed E-state index contributed by atoms with van der Waals surface area (Å²) in [4.78, 5) is 23.9. The summed E-state index contributed by atoms with van der Waals surface area (Å²) in [6.45, 7) is 1.75. The van der Waals surface area contributed by atoms with Crippen LogP contribution >= 0.6 is 0 Å². The van der Waals surface area contributed by atoms with Gasteiger partial charge in [-0.25, -0.2) is 0 Å². The van der Waals surface area contributed by atoms with Gasteiger partial charge in [-0.3, -0.25) is 9.59 Å². The van der Waals surface area contributed by atoms with Crippen LogP contribution in [0.2, 0.25) is 0 Å². The molecule has 2 N–H and O–H groups in total. The molecule has 2 amide bonds. The van der Waals surface area contributed by atoms with Gasteiger partial charge < -0.3 is 15.4 Å². The van der Waals surface area contributed by atoms with Gasteiger partial charge in [0, 0.05) is 33.2 Å². The number of rotatable bonds is 5. The minimum Gasteiger partial charge on any atom is -0.385 e. The van der Waals surface area contributed by atoms with Crippen LogP contribution < -0.4 is 5.73 Å². The smallest absolute Gasteiger partial charge is 0.223 e. The maximum absolute atomic E-state index is 11.4. The van der Waals surface area contributed by atoms with E-state index in [-0.39, 0.29) is 24.2 Å². The maximum atomic E-state index is 11.4. The lowest BCUT2D eigenvalue weighted by atomic mass is 10.1. The van der Waals surface area contributed by atoms with Crippen molar-refractivity contribution in [3.63, 3.8) is 0 Å². The second-order valence-corrected chi connectivity index (χ2v) is 3.49. The van der Waals surface area contributed by atoms with Gasteiger partial charge in [0.1, 0.15) is 0 Å². The number of hydrogen-bond acceptors (Lipinski definition) is 3. The highest BCUT2D eigenvalue weighted by Crippen LogP contribution is 2.17. The van der Waals surface area contributed by atoms with Gasteiger partial charge in [0.25, 0.3) is 0 Å². The Morgan fingerprint density at radius 3 is 2.93 bits per heavy atom. The maximum Gasteiger partial charge on any atom is 0.223 e. The summed E-state index contributed by atoms with van der Waals surface area (Å²) in [7, 11) is 1.62. The molecule has 1 rings (SSSR count). The number of methoxy groups -OCH3 is 1. The van der Waals surface area contributed by atoms with Gasteiger partial charge in [0.05, 0.1) is 5.92 Å². The molecule has 5 heteroatoms. The predicted molar refractivity (Wildman–Crippen MR) is 50.4 cm³/mol. The quantitative estimate of drug-likeness (QED) is 0.600. The van der Waals surface area contributed by atoms with E-state index in [9.17, 15) is 9.59 Å². The van der Waals surface area contributed by atoms with Crippen molar-refractivity contribution in [2.75, 3.05) is 26.8 Å². The van der Waals surface area contributed by atoms with Gasteiger partial charge in [-0.2, -0.15) is 0 Å². The van der Waals surface area contributed by atoms with Crippen molar-refractivity contribution in [3.8, 4) is 0 Å². The van der Waals surface area contributed by atoms with Gasteiger partial charge in [0.15, 0.2) is 0 Å². The summed E-state index contributed by atoms with van der Waals surface area (Å²) in [5.41, 5.74) is 5.13. The van der Waals surface area contributed by atoms with Crippen LogP contribution in [-0.2, 0) is 14.3 Å². The first-order valence-electron chi connectivity index (χ1n) is 4.71. The van der Waals surface area contributed by atoms with E-state index < -0.39 is 0 Å². The van der Waals surface area contributed by atoms with E-state index in [1.165, 1.54) is 0 Å². The van der Waals surface area contributed by atoms with Gasteiger partial charge in [-0.05, 0) is 6.42 Å². The molecule has 80 valence electrons. The van der Waals surface area contributed by atoms with Crippen molar-refractivity contribution in [2.24, 2.45) is 11.7 Å². The molecule has 5 nitrogen and oxygen atoms in total. The molecular formula is C9H16N2O3. The fourth-order valence-electron chi connectivity index (χ4n) is 1.58. The van der Waals surface area contributed by atoms with E-state index >= 15 is 0 Å². The standard InChI is InChI=1S/C9H16N2O3/c1-14-4-2-3-11-6-7(9(10)13)5-8(11)12/h7H,2-6H2,1H3,(H2,10,13)/t7-/m1/s1. The minimum atomic E-state index is -0.382. The van der Waals surface area contributed by atoms with Crippen LogP contribution in [-0.4, -0.2) is 43.5 Å². The summed E-state index contributed by atoms with van der Waals surface area (Å²) in [6.07, 6.45) is 1.07. The molecule has 1 aliphatic rings. The Kier molecular flexibility index (Phi) is 3.88. The highest BCUT2D eigenvalue weighted by atomic mass is 16.5. The molecule has 0 radical (unpaired) electrons. The Bertz CT molecular complexity index is 230. The van der Waals surface area contributed by atoms with Crippen molar-refractivity contribution in [1.82, 2.24) is 4.90 Å². The lowest BCUT2D eigenvalue weighted by Crippen LogP contribution is -2.29. The van der Waals surface area contributed by atoms with Crippen molar-refractivity contribution in [1.29, 1.82) is 0 Å². The van der Waals surface area contributed by atoms with E-state index in [0.717, 1.165) is 6.42 Å². The lowest BCUT2D eigenvalue weighted by Gasteiger charge is -2.15. The number of amides is 2. The lowest BCUT2D eigenvalue weighted by molar-refractivity contribution is -0.128. The third-order valence-corrected chi connectivity index (χ3v) is 2.39. The summed E-state index contributed by atoms with van der Waals surface area (Å²) in [5, 5.41) is 0. The second kappa shape index (κ2) is 4.95. The number of carbonyl (C=O) groups excluding carboxylic acids is 2. The van der Waals surface area contributed by atoms with Crippen molar-refractivity contribution in [3.05, 3.63) is 0 Å². The average Bonchev–Trinajstić information content (AvgIpc) is 2.49. The third kappa shape index (κ3) is 2.70. The zero-order valence-corrected chi connectivity index (χ0v) is 8.36. The summed E-state index contributed by atoms with van der Waals surface area (Å²) in [6, 6.07) is 0. The average molecular weight is 200 g/mol. The second-order valence-electron chi connectivity index (χ2n) is 3.49. The molecule has 0 unspecified atom stereocenters. The molecule has 1 aliphatic heterocycles. The normalized spacial score (nSPS) is 21.6. The first-order valence-corrected chi connectivity index (χ1v) is 4.71. The van der Waals surface area contributed by atoms with Gasteiger partial charge in [-0.1, -0.05) is 0 Å². The Morgan fingerprint density at radius 1 is 1.71 bits per heavy atom. The number of likely N-dealkylation sites (tertiary alicyclic amines) is 1. The molecule has 1 fully saturated rings. The van der Waals surface area contributed by atoms with Crippen molar-refractivity contribution >= 4 is 11.8 Å². The number of nitrogens with zero attached hydrogens (tertiary/aromatic N) is 1. The fraction of sp³-hybridized carbons (Fsp3) is 0.778. The van der Waals surface area contributed by atoms with E-state index in [1.54, 1.807) is 12.0 Å². The van der Waals surface area contributed by atoms with Crippen LogP contribution in [0.5, 0.6) is 0 Å². The molecular weight excluding hydrogens is 184 g/mol. The van der Waals surface area contributed by atoms with Crippen LogP contribution in [0.15, 0.2) is 0 Å². The Balaban J connectivity index is 2.33. The predicted octanol–water partition coefficient (Wildman–Crippen LogP) is -0.643. The molecule has 0 saturated carbocycles. The van der Waals surface area contributed by atoms with Crippen LogP contribution in [0.3, 0.4) is 0 Å². The number of carbonyl (C=O) groups is 2. The van der Waals surface area contributed by atoms with Crippen molar-refractivity contribution in [2.45, 2.75) is 12.8 Å². The Morgan fingerprint density at radius 2 is 2.43 bits per heavy atom. The molecule has 0 bridgehead atoms. The molecule has 1 saturated heterocycles. The van der Waals surface area contributed by atoms with Crippen LogP contribution in [0.4, 0.5) is 0 Å². The number of nitrogens with two attached hydrogens (primary N) is 1. The monoisotopic (exact) mass is 200 g/mol. The molecule has 1 atom stereocenters. The SMILES string of the molecule is COCCCN1C[C@H](C(N)=O)CC1=O. The number of primary amides is 1. The van der Waals surface area contributed by atoms with E-state index in [1.807, 2.05) is 0 Å². The van der Waals surface area contributed by atoms with Gasteiger partial charge >= 0.3 is 0 Å². The molecule has 14 heavy (non-hydrogen) atoms. The molecule has 1 heterocycles. The van der Waals surface area contributed by atoms with Crippen LogP contribution in [0, 0.1) is 5.92 Å². The molecule has 0 aromatic rings. The minimum absolute atomic E-state index is 0.0184. The zero-order chi connectivity index (χ0) is 10.6. The van der Waals surface area contributed by atoms with Gasteiger partial charge in [-0.15, -0.1) is 0 Å². The van der Waals surface area contributed by atoms with E-state index in [2.05, 4.69) is 0 Å². The van der Waals surface area contributed by atoms with Gasteiger partial charge in [0.2, 0.25) is 11.8 Å². The fourth-order valence-corrected chi connectivity index (χ4v) is 1.58. The van der Waals surface area contributed by atoms with Crippen LogP contribution in [0.25, 0.3) is 0 Å². The molecule has 0 spiro atoms. The summed E-state index contributed by atoms with van der Waals surface area (Å²) >= 11 is 0. The number of hydrogen-bond donors (Lipinski definition) is 1. The first kappa shape index (κ1) is 11.0. The Hall–Kier alpha value is -1.10.